The van der Waals surface area contributed by atoms with E-state index in [1.165, 1.54) is 0 Å². The van der Waals surface area contributed by atoms with Crippen LogP contribution in [0.15, 0.2) is 24.3 Å². The van der Waals surface area contributed by atoms with E-state index in [0.29, 0.717) is 18.2 Å². The first-order chi connectivity index (χ1) is 12.1. The van der Waals surface area contributed by atoms with Gasteiger partial charge in [0.25, 0.3) is 5.91 Å². The number of benzene rings is 1. The minimum Gasteiger partial charge on any atom is -0.497 e. The summed E-state index contributed by atoms with van der Waals surface area (Å²) in [6.07, 6.45) is 1.23. The Morgan fingerprint density at radius 3 is 2.96 bits per heavy atom. The van der Waals surface area contributed by atoms with Crippen LogP contribution < -0.4 is 10.1 Å². The van der Waals surface area contributed by atoms with Crippen molar-refractivity contribution in [1.29, 1.82) is 0 Å². The molecule has 0 radical (unpaired) electrons. The zero-order chi connectivity index (χ0) is 17.6. The second kappa shape index (κ2) is 6.35. The van der Waals surface area contributed by atoms with E-state index >= 15 is 0 Å². The lowest BCUT2D eigenvalue weighted by Crippen LogP contribution is -2.62. The van der Waals surface area contributed by atoms with E-state index in [-0.39, 0.29) is 24.0 Å². The number of ether oxygens (including phenoxy) is 3. The first-order valence-corrected chi connectivity index (χ1v) is 8.69. The number of nitrogens with zero attached hydrogens (tertiary/aromatic N) is 1. The molecule has 2 aliphatic rings. The third-order valence-electron chi connectivity index (χ3n) is 5.67. The summed E-state index contributed by atoms with van der Waals surface area (Å²) in [5.41, 5.74) is 1.66. The topological polar surface area (TPSA) is 61.7 Å². The number of hydrogen-bond donors (Lipinski definition) is 1. The maximum absolute atomic E-state index is 12.9. The summed E-state index contributed by atoms with van der Waals surface area (Å²) < 4.78 is 18.3. The van der Waals surface area contributed by atoms with Gasteiger partial charge in [-0.25, -0.2) is 0 Å². The Bertz CT molecular complexity index is 800. The highest BCUT2D eigenvalue weighted by molar-refractivity contribution is 5.99. The lowest BCUT2D eigenvalue weighted by Gasteiger charge is -2.47. The van der Waals surface area contributed by atoms with Gasteiger partial charge in [0.05, 0.1) is 19.8 Å². The lowest BCUT2D eigenvalue weighted by molar-refractivity contribution is -0.0810. The molecular formula is C19H24N2O4. The van der Waals surface area contributed by atoms with E-state index in [9.17, 15) is 4.79 Å². The Morgan fingerprint density at radius 2 is 2.20 bits per heavy atom. The molecule has 1 saturated carbocycles. The second-order valence-corrected chi connectivity index (χ2v) is 6.92. The fourth-order valence-corrected chi connectivity index (χ4v) is 4.33. The van der Waals surface area contributed by atoms with Crippen LogP contribution in [0.2, 0.25) is 0 Å². The van der Waals surface area contributed by atoms with Crippen LogP contribution in [0, 0.1) is 11.8 Å². The molecule has 1 amide bonds. The summed E-state index contributed by atoms with van der Waals surface area (Å²) in [6, 6.07) is 7.87. The molecule has 1 N–H and O–H groups in total. The normalized spacial score (nSPS) is 27.8. The van der Waals surface area contributed by atoms with Crippen LogP contribution in [0.3, 0.4) is 0 Å². The average Bonchev–Trinajstić information content (AvgIpc) is 3.19. The van der Waals surface area contributed by atoms with Crippen LogP contribution >= 0.6 is 0 Å². The zero-order valence-corrected chi connectivity index (χ0v) is 14.8. The molecule has 1 aliphatic carbocycles. The Kier molecular flexibility index (Phi) is 4.17. The Balaban J connectivity index is 1.56. The van der Waals surface area contributed by atoms with Gasteiger partial charge in [0.2, 0.25) is 0 Å². The van der Waals surface area contributed by atoms with Crippen LogP contribution in [0.4, 0.5) is 0 Å². The van der Waals surface area contributed by atoms with Gasteiger partial charge in [-0.15, -0.1) is 0 Å². The van der Waals surface area contributed by atoms with Crippen LogP contribution in [0.25, 0.3) is 10.9 Å². The quantitative estimate of drug-likeness (QED) is 0.901. The molecule has 1 aromatic heterocycles. The highest BCUT2D eigenvalue weighted by Gasteiger charge is 2.54. The molecule has 134 valence electrons. The fraction of sp³-hybridized carbons (Fsp3) is 0.526. The lowest BCUT2D eigenvalue weighted by atomic mass is 9.67. The van der Waals surface area contributed by atoms with Gasteiger partial charge in [0, 0.05) is 49.5 Å². The van der Waals surface area contributed by atoms with E-state index < -0.39 is 0 Å². The van der Waals surface area contributed by atoms with Gasteiger partial charge in [-0.05, 0) is 30.7 Å². The van der Waals surface area contributed by atoms with Crippen molar-refractivity contribution in [3.63, 3.8) is 0 Å². The van der Waals surface area contributed by atoms with Crippen molar-refractivity contribution >= 4 is 16.8 Å². The molecule has 2 aromatic rings. The third-order valence-corrected chi connectivity index (χ3v) is 5.67. The molecule has 6 heteroatoms. The highest BCUT2D eigenvalue weighted by atomic mass is 16.5. The van der Waals surface area contributed by atoms with Gasteiger partial charge in [-0.2, -0.15) is 0 Å². The van der Waals surface area contributed by atoms with Gasteiger partial charge >= 0.3 is 0 Å². The second-order valence-electron chi connectivity index (χ2n) is 6.92. The van der Waals surface area contributed by atoms with E-state index in [0.717, 1.165) is 29.7 Å². The standard InChI is InChI=1S/C19H24N2O4/c1-21-15-5-4-12(24-3)8-11(15)9-16(21)19(22)20-17-13-6-7-25-18(13)14(17)10-23-2/h4-5,8-9,13-14,17-18H,6-7,10H2,1-3H3,(H,20,22)/t13-,14-,17-,18-/m1/s1. The minimum absolute atomic E-state index is 0.0471. The molecule has 0 bridgehead atoms. The summed E-state index contributed by atoms with van der Waals surface area (Å²) in [5, 5.41) is 4.21. The Labute approximate surface area is 147 Å². The number of hydrogen-bond acceptors (Lipinski definition) is 4. The predicted molar refractivity (Wildman–Crippen MR) is 93.9 cm³/mol. The van der Waals surface area contributed by atoms with E-state index in [1.54, 1.807) is 14.2 Å². The molecule has 2 heterocycles. The fourth-order valence-electron chi connectivity index (χ4n) is 4.33. The van der Waals surface area contributed by atoms with E-state index in [2.05, 4.69) is 5.32 Å². The molecule has 0 spiro atoms. The van der Waals surface area contributed by atoms with Crippen molar-refractivity contribution in [3.05, 3.63) is 30.0 Å². The first-order valence-electron chi connectivity index (χ1n) is 8.69. The minimum atomic E-state index is -0.0471. The molecule has 2 fully saturated rings. The maximum atomic E-state index is 12.9. The van der Waals surface area contributed by atoms with E-state index in [1.807, 2.05) is 35.9 Å². The SMILES string of the molecule is COC[C@@H]1[C@H](NC(=O)c2cc3cc(OC)ccc3n2C)[C@H]2CCO[C@H]21. The highest BCUT2D eigenvalue weighted by Crippen LogP contribution is 2.43. The molecule has 0 unspecified atom stereocenters. The Hall–Kier alpha value is -2.05. The van der Waals surface area contributed by atoms with Crippen molar-refractivity contribution in [3.8, 4) is 5.75 Å². The number of aryl methyl sites for hydroxylation is 1. The number of amides is 1. The summed E-state index contributed by atoms with van der Waals surface area (Å²) >= 11 is 0. The molecule has 1 aliphatic heterocycles. The van der Waals surface area contributed by atoms with Crippen LogP contribution in [0.5, 0.6) is 5.75 Å². The average molecular weight is 344 g/mol. The number of methoxy groups -OCH3 is 2. The number of fused-ring (bicyclic) bond motifs is 2. The van der Waals surface area contributed by atoms with Crippen molar-refractivity contribution in [2.24, 2.45) is 18.9 Å². The van der Waals surface area contributed by atoms with Gasteiger partial charge < -0.3 is 24.1 Å². The summed E-state index contributed by atoms with van der Waals surface area (Å²) in [4.78, 5) is 12.9. The molecule has 4 atom stereocenters. The Morgan fingerprint density at radius 1 is 1.36 bits per heavy atom. The van der Waals surface area contributed by atoms with Crippen molar-refractivity contribution in [2.75, 3.05) is 27.4 Å². The zero-order valence-electron chi connectivity index (χ0n) is 14.8. The maximum Gasteiger partial charge on any atom is 0.268 e. The first kappa shape index (κ1) is 16.4. The van der Waals surface area contributed by atoms with Crippen molar-refractivity contribution in [2.45, 2.75) is 18.6 Å². The van der Waals surface area contributed by atoms with Crippen LogP contribution in [0.1, 0.15) is 16.9 Å². The van der Waals surface area contributed by atoms with E-state index in [4.69, 9.17) is 14.2 Å². The summed E-state index contributed by atoms with van der Waals surface area (Å²) in [7, 11) is 5.25. The predicted octanol–water partition coefficient (Wildman–Crippen LogP) is 1.97. The van der Waals surface area contributed by atoms with Gasteiger partial charge in [-0.1, -0.05) is 0 Å². The molecule has 1 aromatic carbocycles. The van der Waals surface area contributed by atoms with Crippen LogP contribution in [-0.4, -0.2) is 50.1 Å². The third kappa shape index (κ3) is 2.60. The number of carbonyl (C=O) groups excluding carboxylic acids is 1. The van der Waals surface area contributed by atoms with Crippen molar-refractivity contribution < 1.29 is 19.0 Å². The number of aromatic nitrogens is 1. The molecule has 4 rings (SSSR count). The smallest absolute Gasteiger partial charge is 0.268 e. The molecule has 6 nitrogen and oxygen atoms in total. The van der Waals surface area contributed by atoms with Crippen LogP contribution in [-0.2, 0) is 16.5 Å². The molecule has 25 heavy (non-hydrogen) atoms. The molecule has 1 saturated heterocycles. The van der Waals surface area contributed by atoms with Gasteiger partial charge in [0.15, 0.2) is 0 Å². The number of rotatable bonds is 5. The number of carbonyl (C=O) groups is 1. The molecular weight excluding hydrogens is 320 g/mol. The number of nitrogens with one attached hydrogen (secondary N) is 1. The van der Waals surface area contributed by atoms with Gasteiger partial charge in [-0.3, -0.25) is 4.79 Å². The van der Waals surface area contributed by atoms with Crippen molar-refractivity contribution in [1.82, 2.24) is 9.88 Å². The monoisotopic (exact) mass is 344 g/mol. The summed E-state index contributed by atoms with van der Waals surface area (Å²) in [5.74, 6) is 1.37. The largest absolute Gasteiger partial charge is 0.497 e. The summed E-state index contributed by atoms with van der Waals surface area (Å²) in [6.45, 7) is 1.38. The van der Waals surface area contributed by atoms with Gasteiger partial charge in [0.1, 0.15) is 11.4 Å².